The maximum Gasteiger partial charge on any atom is 0.317 e. The minimum Gasteiger partial charge on any atom is -0.480 e. The van der Waals surface area contributed by atoms with Crippen LogP contribution >= 0.6 is 0 Å². The highest BCUT2D eigenvalue weighted by Crippen LogP contribution is 2.26. The summed E-state index contributed by atoms with van der Waals surface area (Å²) in [7, 11) is 1.75. The van der Waals surface area contributed by atoms with Gasteiger partial charge < -0.3 is 14.7 Å². The summed E-state index contributed by atoms with van der Waals surface area (Å²) in [5.74, 6) is -0.749. The fraction of sp³-hybridized carbons (Fsp3) is 0.579. The molecule has 1 aliphatic rings. The first-order valence-electron chi connectivity index (χ1n) is 8.63. The number of morpholine rings is 1. The van der Waals surface area contributed by atoms with E-state index >= 15 is 0 Å². The largest absolute Gasteiger partial charge is 0.480 e. The maximum atomic E-state index is 13.0. The molecule has 2 rings (SSSR count). The van der Waals surface area contributed by atoms with Gasteiger partial charge in [0.1, 0.15) is 0 Å². The lowest BCUT2D eigenvalue weighted by atomic mass is 9.84. The molecular weight excluding hydrogens is 320 g/mol. The van der Waals surface area contributed by atoms with Gasteiger partial charge in [-0.15, -0.1) is 0 Å². The molecule has 1 aliphatic heterocycles. The smallest absolute Gasteiger partial charge is 0.317 e. The number of hydrogen-bond donors (Lipinski definition) is 1. The number of carbonyl (C=O) groups excluding carboxylic acids is 1. The molecule has 1 amide bonds. The van der Waals surface area contributed by atoms with E-state index in [0.717, 1.165) is 5.56 Å². The average Bonchev–Trinajstić information content (AvgIpc) is 2.54. The fourth-order valence-corrected chi connectivity index (χ4v) is 3.27. The van der Waals surface area contributed by atoms with Crippen LogP contribution in [0, 0.1) is 5.41 Å². The molecule has 6 heteroatoms. The number of benzene rings is 1. The summed E-state index contributed by atoms with van der Waals surface area (Å²) < 4.78 is 5.71. The maximum absolute atomic E-state index is 13.0. The molecule has 1 saturated heterocycles. The Morgan fingerprint density at radius 2 is 2.00 bits per heavy atom. The molecule has 0 bridgehead atoms. The molecule has 1 aromatic carbocycles. The van der Waals surface area contributed by atoms with Gasteiger partial charge in [0.05, 0.1) is 19.3 Å². The molecule has 25 heavy (non-hydrogen) atoms. The van der Waals surface area contributed by atoms with Gasteiger partial charge in [-0.05, 0) is 19.0 Å². The second-order valence-corrected chi connectivity index (χ2v) is 7.38. The van der Waals surface area contributed by atoms with Crippen LogP contribution in [0.3, 0.4) is 0 Å². The zero-order valence-corrected chi connectivity index (χ0v) is 15.3. The zero-order valence-electron chi connectivity index (χ0n) is 15.3. The van der Waals surface area contributed by atoms with Gasteiger partial charge in [-0.1, -0.05) is 44.2 Å². The van der Waals surface area contributed by atoms with Gasteiger partial charge in [0.2, 0.25) is 5.91 Å². The van der Waals surface area contributed by atoms with Crippen molar-refractivity contribution in [1.29, 1.82) is 0 Å². The Hall–Kier alpha value is -1.92. The Labute approximate surface area is 149 Å². The number of carbonyl (C=O) groups is 2. The van der Waals surface area contributed by atoms with Crippen LogP contribution in [0.4, 0.5) is 0 Å². The topological polar surface area (TPSA) is 70.1 Å². The number of carboxylic acid groups (broad SMARTS) is 1. The molecule has 1 fully saturated rings. The lowest BCUT2D eigenvalue weighted by Gasteiger charge is -2.38. The minimum absolute atomic E-state index is 0.0344. The van der Waals surface area contributed by atoms with Crippen LogP contribution in [0.25, 0.3) is 0 Å². The number of aliphatic carboxylic acids is 1. The molecular formula is C19H28N2O4. The number of carboxylic acids is 1. The standard InChI is InChI=1S/C19H28N2O4/c1-19(2,11-15-7-5-4-6-8-15)18(24)21-9-10-25-16(13-21)12-20(3)14-17(22)23/h4-8,16H,9-14H2,1-3H3,(H,22,23). The first-order chi connectivity index (χ1) is 11.8. The highest BCUT2D eigenvalue weighted by molar-refractivity contribution is 5.82. The van der Waals surface area contributed by atoms with Crippen molar-refractivity contribution in [2.45, 2.75) is 26.4 Å². The van der Waals surface area contributed by atoms with E-state index < -0.39 is 11.4 Å². The monoisotopic (exact) mass is 348 g/mol. The Kier molecular flexibility index (Phi) is 6.56. The molecule has 0 aliphatic carbocycles. The Balaban J connectivity index is 1.94. The fourth-order valence-electron chi connectivity index (χ4n) is 3.27. The van der Waals surface area contributed by atoms with Crippen LogP contribution < -0.4 is 0 Å². The molecule has 0 radical (unpaired) electrons. The molecule has 1 aromatic rings. The molecule has 6 nitrogen and oxygen atoms in total. The summed E-state index contributed by atoms with van der Waals surface area (Å²) >= 11 is 0. The Bertz CT molecular complexity index is 588. The third kappa shape index (κ3) is 5.83. The van der Waals surface area contributed by atoms with Crippen molar-refractivity contribution in [2.24, 2.45) is 5.41 Å². The molecule has 0 aromatic heterocycles. The zero-order chi connectivity index (χ0) is 18.4. The second-order valence-electron chi connectivity index (χ2n) is 7.38. The number of ether oxygens (including phenoxy) is 1. The van der Waals surface area contributed by atoms with Crippen molar-refractivity contribution in [3.63, 3.8) is 0 Å². The number of rotatable bonds is 7. The van der Waals surface area contributed by atoms with E-state index in [1.807, 2.05) is 49.1 Å². The average molecular weight is 348 g/mol. The van der Waals surface area contributed by atoms with E-state index in [9.17, 15) is 9.59 Å². The van der Waals surface area contributed by atoms with Crippen molar-refractivity contribution in [3.05, 3.63) is 35.9 Å². The van der Waals surface area contributed by atoms with Gasteiger partial charge in [-0.2, -0.15) is 0 Å². The van der Waals surface area contributed by atoms with Crippen molar-refractivity contribution in [2.75, 3.05) is 39.8 Å². The number of nitrogens with zero attached hydrogens (tertiary/aromatic N) is 2. The van der Waals surface area contributed by atoms with Crippen LogP contribution in [0.5, 0.6) is 0 Å². The predicted octanol–water partition coefficient (Wildman–Crippen LogP) is 1.50. The van der Waals surface area contributed by atoms with Gasteiger partial charge in [0, 0.05) is 25.0 Å². The normalized spacial score (nSPS) is 18.4. The van der Waals surface area contributed by atoms with E-state index in [2.05, 4.69) is 0 Å². The van der Waals surface area contributed by atoms with E-state index in [4.69, 9.17) is 9.84 Å². The SMILES string of the molecule is CN(CC(=O)O)CC1CN(C(=O)C(C)(C)Cc2ccccc2)CCO1. The first kappa shape index (κ1) is 19.4. The lowest BCUT2D eigenvalue weighted by molar-refractivity contribution is -0.149. The number of likely N-dealkylation sites (N-methyl/N-ethyl adjacent to an activating group) is 1. The summed E-state index contributed by atoms with van der Waals surface area (Å²) in [6, 6.07) is 10.0. The van der Waals surface area contributed by atoms with Gasteiger partial charge in [-0.25, -0.2) is 0 Å². The van der Waals surface area contributed by atoms with Gasteiger partial charge >= 0.3 is 5.97 Å². The van der Waals surface area contributed by atoms with Crippen molar-refractivity contribution >= 4 is 11.9 Å². The number of amides is 1. The van der Waals surface area contributed by atoms with Crippen LogP contribution in [0.2, 0.25) is 0 Å². The van der Waals surface area contributed by atoms with Crippen LogP contribution in [-0.2, 0) is 20.7 Å². The molecule has 1 N–H and O–H groups in total. The van der Waals surface area contributed by atoms with Crippen LogP contribution in [-0.4, -0.2) is 72.7 Å². The first-order valence-corrected chi connectivity index (χ1v) is 8.63. The van der Waals surface area contributed by atoms with Crippen molar-refractivity contribution in [1.82, 2.24) is 9.80 Å². The molecule has 0 spiro atoms. The third-order valence-electron chi connectivity index (χ3n) is 4.41. The van der Waals surface area contributed by atoms with Gasteiger partial charge in [-0.3, -0.25) is 14.5 Å². The molecule has 0 saturated carbocycles. The summed E-state index contributed by atoms with van der Waals surface area (Å²) in [6.07, 6.45) is 0.530. The summed E-state index contributed by atoms with van der Waals surface area (Å²) in [5, 5.41) is 8.85. The predicted molar refractivity (Wildman–Crippen MR) is 95.4 cm³/mol. The van der Waals surface area contributed by atoms with E-state index in [0.29, 0.717) is 32.7 Å². The van der Waals surface area contributed by atoms with E-state index in [1.165, 1.54) is 0 Å². The second kappa shape index (κ2) is 8.45. The molecule has 1 unspecified atom stereocenters. The van der Waals surface area contributed by atoms with Crippen molar-refractivity contribution in [3.8, 4) is 0 Å². The quantitative estimate of drug-likeness (QED) is 0.809. The highest BCUT2D eigenvalue weighted by Gasteiger charge is 2.35. The summed E-state index contributed by atoms with van der Waals surface area (Å²) in [5.41, 5.74) is 0.655. The van der Waals surface area contributed by atoms with E-state index in [1.54, 1.807) is 11.9 Å². The van der Waals surface area contributed by atoms with Gasteiger partial charge in [0.25, 0.3) is 0 Å². The van der Waals surface area contributed by atoms with Crippen LogP contribution in [0.15, 0.2) is 30.3 Å². The highest BCUT2D eigenvalue weighted by atomic mass is 16.5. The molecule has 138 valence electrons. The minimum atomic E-state index is -0.866. The Morgan fingerprint density at radius 3 is 2.64 bits per heavy atom. The van der Waals surface area contributed by atoms with Gasteiger partial charge in [0.15, 0.2) is 0 Å². The third-order valence-corrected chi connectivity index (χ3v) is 4.41. The van der Waals surface area contributed by atoms with Crippen molar-refractivity contribution < 1.29 is 19.4 Å². The number of hydrogen-bond acceptors (Lipinski definition) is 4. The summed E-state index contributed by atoms with van der Waals surface area (Å²) in [6.45, 7) is 5.98. The molecule has 1 heterocycles. The molecule has 1 atom stereocenters. The van der Waals surface area contributed by atoms with Crippen LogP contribution in [0.1, 0.15) is 19.4 Å². The van der Waals surface area contributed by atoms with E-state index in [-0.39, 0.29) is 18.6 Å². The lowest BCUT2D eigenvalue weighted by Crippen LogP contribution is -2.53. The Morgan fingerprint density at radius 1 is 1.32 bits per heavy atom. The summed E-state index contributed by atoms with van der Waals surface area (Å²) in [4.78, 5) is 27.3.